The second kappa shape index (κ2) is 8.46. The zero-order valence-corrected chi connectivity index (χ0v) is 16.8. The maximum atomic E-state index is 13.1. The van der Waals surface area contributed by atoms with Crippen molar-refractivity contribution >= 4 is 44.6 Å². The molecule has 3 aromatic carbocycles. The molecular weight excluding hydrogens is 426 g/mol. The Morgan fingerprint density at radius 3 is 1.62 bits per heavy atom. The first-order valence-electron chi connectivity index (χ1n) is 7.77. The van der Waals surface area contributed by atoms with Crippen LogP contribution in [0.25, 0.3) is 0 Å². The molecule has 0 aliphatic heterocycles. The first-order chi connectivity index (χ1) is 11.7. The number of aryl methyl sites for hydroxylation is 1. The van der Waals surface area contributed by atoms with Gasteiger partial charge in [0.25, 0.3) is 0 Å². The fourth-order valence-electron chi connectivity index (χ4n) is 2.23. The van der Waals surface area contributed by atoms with E-state index in [0.29, 0.717) is 0 Å². The first-order valence-corrected chi connectivity index (χ1v) is 11.5. The van der Waals surface area contributed by atoms with Crippen molar-refractivity contribution in [3.8, 4) is 0 Å². The molecule has 1 nitrogen and oxygen atoms in total. The molecule has 0 saturated carbocycles. The van der Waals surface area contributed by atoms with Crippen molar-refractivity contribution in [2.45, 2.75) is 10.6 Å². The molecule has 0 saturated heterocycles. The summed E-state index contributed by atoms with van der Waals surface area (Å²) < 4.78 is 2.65. The van der Waals surface area contributed by atoms with E-state index in [1.165, 1.54) is 14.5 Å². The number of Topliss-reactive ketones (excluding diaryl/α,β-unsaturated/α-hetero) is 1. The van der Waals surface area contributed by atoms with Gasteiger partial charge in [0.2, 0.25) is 0 Å². The quantitative estimate of drug-likeness (QED) is 0.422. The van der Waals surface area contributed by atoms with Crippen LogP contribution in [0.2, 0.25) is 3.71 Å². The number of hydrogen-bond acceptors (Lipinski definition) is 1. The van der Waals surface area contributed by atoms with Crippen LogP contribution < -0.4 is 8.92 Å². The van der Waals surface area contributed by atoms with Crippen LogP contribution in [0, 0.1) is 6.92 Å². The van der Waals surface area contributed by atoms with Gasteiger partial charge in [-0.3, -0.25) is 0 Å². The van der Waals surface area contributed by atoms with Crippen molar-refractivity contribution in [3.63, 3.8) is 0 Å². The Morgan fingerprint density at radius 2 is 1.17 bits per heavy atom. The molecule has 0 heterocycles. The van der Waals surface area contributed by atoms with Crippen molar-refractivity contribution < 1.29 is 4.79 Å². The Kier molecular flexibility index (Phi) is 6.06. The third-order valence-corrected chi connectivity index (χ3v) is 9.70. The van der Waals surface area contributed by atoms with Crippen LogP contribution in [0.4, 0.5) is 0 Å². The molecular formula is C21H18OSe2. The summed E-state index contributed by atoms with van der Waals surface area (Å²) in [5.41, 5.74) is 2.02. The van der Waals surface area contributed by atoms with Crippen LogP contribution in [0.1, 0.15) is 15.9 Å². The third-order valence-electron chi connectivity index (χ3n) is 3.52. The summed E-state index contributed by atoms with van der Waals surface area (Å²) in [5, 5.41) is 0. The molecule has 3 heteroatoms. The molecule has 0 aliphatic rings. The van der Waals surface area contributed by atoms with Gasteiger partial charge in [-0.15, -0.1) is 0 Å². The van der Waals surface area contributed by atoms with Crippen LogP contribution in [-0.4, -0.2) is 35.7 Å². The zero-order chi connectivity index (χ0) is 16.8. The van der Waals surface area contributed by atoms with Crippen LogP contribution in [0.3, 0.4) is 0 Å². The predicted molar refractivity (Wildman–Crippen MR) is 103 cm³/mol. The Hall–Kier alpha value is -1.63. The minimum absolute atomic E-state index is 0.0810. The molecule has 0 amide bonds. The third kappa shape index (κ3) is 4.69. The van der Waals surface area contributed by atoms with Gasteiger partial charge in [0.1, 0.15) is 0 Å². The van der Waals surface area contributed by atoms with Crippen LogP contribution in [0.5, 0.6) is 0 Å². The average Bonchev–Trinajstić information content (AvgIpc) is 2.63. The summed E-state index contributed by atoms with van der Waals surface area (Å²) in [6.45, 7) is 2.05. The summed E-state index contributed by atoms with van der Waals surface area (Å²) in [7, 11) is 0. The molecule has 3 rings (SSSR count). The molecule has 0 aromatic heterocycles. The van der Waals surface area contributed by atoms with Gasteiger partial charge in [-0.2, -0.15) is 0 Å². The number of hydrogen-bond donors (Lipinski definition) is 0. The van der Waals surface area contributed by atoms with E-state index in [4.69, 9.17) is 0 Å². The molecule has 0 bridgehead atoms. The van der Waals surface area contributed by atoms with Gasteiger partial charge >= 0.3 is 156 Å². The SMILES string of the molecule is Cc1ccc(C(=O)C([Se]c2ccccc2)[Se]c2ccccc2)cc1. The Balaban J connectivity index is 1.85. The van der Waals surface area contributed by atoms with Crippen molar-refractivity contribution in [1.29, 1.82) is 0 Å². The summed E-state index contributed by atoms with van der Waals surface area (Å²) >= 11 is 0.276. The number of carbonyl (C=O) groups excluding carboxylic acids is 1. The van der Waals surface area contributed by atoms with E-state index in [1.54, 1.807) is 0 Å². The first kappa shape index (κ1) is 17.2. The monoisotopic (exact) mass is 446 g/mol. The number of ketones is 1. The van der Waals surface area contributed by atoms with Gasteiger partial charge in [-0.1, -0.05) is 0 Å². The summed E-state index contributed by atoms with van der Waals surface area (Å²) in [4.78, 5) is 13.1. The van der Waals surface area contributed by atoms with Crippen LogP contribution >= 0.6 is 0 Å². The Labute approximate surface area is 155 Å². The molecule has 24 heavy (non-hydrogen) atoms. The van der Waals surface area contributed by atoms with E-state index in [2.05, 4.69) is 48.5 Å². The average molecular weight is 444 g/mol. The van der Waals surface area contributed by atoms with Crippen LogP contribution in [-0.2, 0) is 0 Å². The van der Waals surface area contributed by atoms with Gasteiger partial charge in [0, 0.05) is 0 Å². The molecule has 120 valence electrons. The topological polar surface area (TPSA) is 17.1 Å². The Bertz CT molecular complexity index is 742. The maximum absolute atomic E-state index is 13.1. The second-order valence-corrected chi connectivity index (χ2v) is 11.9. The molecule has 0 radical (unpaired) electrons. The van der Waals surface area contributed by atoms with Crippen molar-refractivity contribution in [2.75, 3.05) is 0 Å². The number of benzene rings is 3. The molecule has 0 spiro atoms. The normalized spacial score (nSPS) is 10.8. The summed E-state index contributed by atoms with van der Waals surface area (Å²) in [6, 6.07) is 28.8. The van der Waals surface area contributed by atoms with Gasteiger partial charge < -0.3 is 0 Å². The number of rotatable bonds is 6. The number of carbonyl (C=O) groups is 1. The van der Waals surface area contributed by atoms with Gasteiger partial charge in [0.15, 0.2) is 0 Å². The van der Waals surface area contributed by atoms with E-state index in [1.807, 2.05) is 43.3 Å². The minimum atomic E-state index is 0.0810. The van der Waals surface area contributed by atoms with E-state index in [-0.39, 0.29) is 39.4 Å². The standard InChI is InChI=1S/C21H18OSe2/c1-16-12-14-17(15-13-16)20(22)21(23-18-8-4-2-5-9-18)24-19-10-6-3-7-11-19/h2-15,21H,1H3. The van der Waals surface area contributed by atoms with Crippen molar-refractivity contribution in [1.82, 2.24) is 0 Å². The Morgan fingerprint density at radius 1 is 0.708 bits per heavy atom. The van der Waals surface area contributed by atoms with E-state index in [9.17, 15) is 4.79 Å². The molecule has 0 atom stereocenters. The fourth-order valence-corrected chi connectivity index (χ4v) is 8.65. The summed E-state index contributed by atoms with van der Waals surface area (Å²) in [5.74, 6) is 0.280. The van der Waals surface area contributed by atoms with E-state index >= 15 is 0 Å². The second-order valence-electron chi connectivity index (χ2n) is 5.42. The van der Waals surface area contributed by atoms with Crippen molar-refractivity contribution in [3.05, 3.63) is 96.1 Å². The summed E-state index contributed by atoms with van der Waals surface area (Å²) in [6.07, 6.45) is 0. The van der Waals surface area contributed by atoms with Gasteiger partial charge in [-0.25, -0.2) is 0 Å². The van der Waals surface area contributed by atoms with Gasteiger partial charge in [0.05, 0.1) is 0 Å². The fraction of sp³-hybridized carbons (Fsp3) is 0.0952. The van der Waals surface area contributed by atoms with Crippen molar-refractivity contribution in [2.24, 2.45) is 0 Å². The van der Waals surface area contributed by atoms with Gasteiger partial charge in [-0.05, 0) is 0 Å². The van der Waals surface area contributed by atoms with E-state index in [0.717, 1.165) is 5.56 Å². The molecule has 0 unspecified atom stereocenters. The molecule has 0 N–H and O–H groups in total. The molecule has 0 aliphatic carbocycles. The van der Waals surface area contributed by atoms with E-state index < -0.39 is 0 Å². The zero-order valence-electron chi connectivity index (χ0n) is 13.4. The predicted octanol–water partition coefficient (Wildman–Crippen LogP) is 2.98. The van der Waals surface area contributed by atoms with Crippen LogP contribution in [0.15, 0.2) is 84.9 Å². The molecule has 3 aromatic rings. The molecule has 0 fully saturated rings.